The average molecular weight is 430 g/mol. The van der Waals surface area contributed by atoms with Crippen LogP contribution >= 0.6 is 23.2 Å². The molecule has 0 N–H and O–H groups in total. The third-order valence-electron chi connectivity index (χ3n) is 4.80. The summed E-state index contributed by atoms with van der Waals surface area (Å²) in [5.74, 6) is 0.127. The maximum Gasteiger partial charge on any atom is 0.246 e. The van der Waals surface area contributed by atoms with Crippen molar-refractivity contribution >= 4 is 39.1 Å². The number of nitrogens with zero attached hydrogens (tertiary/aromatic N) is 5. The number of halogens is 2. The van der Waals surface area contributed by atoms with Gasteiger partial charge in [-0.15, -0.1) is 5.10 Å². The van der Waals surface area contributed by atoms with Gasteiger partial charge in [0.25, 0.3) is 0 Å². The number of rotatable bonds is 5. The largest absolute Gasteiger partial charge is 0.337 e. The molecule has 2 aliphatic heterocycles. The molecular weight excluding hydrogens is 413 g/mol. The van der Waals surface area contributed by atoms with Gasteiger partial charge in [0.2, 0.25) is 15.9 Å². The molecule has 1 amide bonds. The smallest absolute Gasteiger partial charge is 0.246 e. The van der Waals surface area contributed by atoms with Crippen molar-refractivity contribution in [1.82, 2.24) is 24.2 Å². The van der Waals surface area contributed by atoms with Gasteiger partial charge in [-0.3, -0.25) is 4.79 Å². The third-order valence-corrected chi connectivity index (χ3v) is 7.59. The minimum absolute atomic E-state index is 0.0707. The lowest BCUT2D eigenvalue weighted by Crippen LogP contribution is -2.50. The molecule has 0 aliphatic carbocycles. The van der Waals surface area contributed by atoms with E-state index in [4.69, 9.17) is 23.2 Å². The fraction of sp³-hybridized carbons (Fsp3) is 0.438. The molecular formula is C16H17Cl2N5O3S. The zero-order chi connectivity index (χ0) is 19.2. The van der Waals surface area contributed by atoms with E-state index in [9.17, 15) is 13.2 Å². The Morgan fingerprint density at radius 3 is 2.52 bits per heavy atom. The van der Waals surface area contributed by atoms with Crippen molar-refractivity contribution in [2.24, 2.45) is 0 Å². The summed E-state index contributed by atoms with van der Waals surface area (Å²) in [5.41, 5.74) is 0.695. The zero-order valence-electron chi connectivity index (χ0n) is 14.3. The minimum Gasteiger partial charge on any atom is -0.337 e. The molecule has 1 aromatic carbocycles. The van der Waals surface area contributed by atoms with Gasteiger partial charge in [-0.1, -0.05) is 34.5 Å². The van der Waals surface area contributed by atoms with E-state index in [1.807, 2.05) is 0 Å². The van der Waals surface area contributed by atoms with Gasteiger partial charge in [0, 0.05) is 26.1 Å². The van der Waals surface area contributed by atoms with Crippen LogP contribution in [0.3, 0.4) is 0 Å². The van der Waals surface area contributed by atoms with Crippen LogP contribution < -0.4 is 0 Å². The number of carbonyl (C=O) groups is 1. The topological polar surface area (TPSA) is 88.4 Å². The number of carbonyl (C=O) groups excluding carboxylic acids is 1. The second kappa shape index (κ2) is 7.05. The van der Waals surface area contributed by atoms with Crippen LogP contribution in [0.15, 0.2) is 29.3 Å². The number of benzene rings is 1. The Hall–Kier alpha value is -1.68. The summed E-state index contributed by atoms with van der Waals surface area (Å²) < 4.78 is 28.5. The van der Waals surface area contributed by atoms with Crippen molar-refractivity contribution in [2.45, 2.75) is 30.3 Å². The Bertz CT molecular complexity index is 967. The zero-order valence-corrected chi connectivity index (χ0v) is 16.6. The lowest BCUT2D eigenvalue weighted by Gasteiger charge is -2.37. The summed E-state index contributed by atoms with van der Waals surface area (Å²) in [4.78, 5) is 13.4. The van der Waals surface area contributed by atoms with Gasteiger partial charge in [-0.05, 0) is 18.6 Å². The van der Waals surface area contributed by atoms with Crippen molar-refractivity contribution in [1.29, 1.82) is 0 Å². The summed E-state index contributed by atoms with van der Waals surface area (Å²) in [5, 5.41) is 8.39. The first-order valence-corrected chi connectivity index (χ1v) is 10.7. The number of hydrogen-bond acceptors (Lipinski definition) is 5. The normalized spacial score (nSPS) is 18.9. The van der Waals surface area contributed by atoms with E-state index in [1.54, 1.807) is 21.8 Å². The van der Waals surface area contributed by atoms with E-state index < -0.39 is 10.0 Å². The van der Waals surface area contributed by atoms with E-state index in [0.717, 1.165) is 13.0 Å². The van der Waals surface area contributed by atoms with Crippen molar-refractivity contribution in [3.8, 4) is 0 Å². The predicted molar refractivity (Wildman–Crippen MR) is 98.9 cm³/mol. The monoisotopic (exact) mass is 429 g/mol. The SMILES string of the molecule is O=C1CCCN1Cc1cn(C2CN(S(=O)(=O)c3c(Cl)cccc3Cl)C2)nn1. The first-order chi connectivity index (χ1) is 12.9. The molecule has 144 valence electrons. The highest BCUT2D eigenvalue weighted by atomic mass is 35.5. The van der Waals surface area contributed by atoms with Crippen LogP contribution in [0.1, 0.15) is 24.6 Å². The number of amides is 1. The number of sulfonamides is 1. The Labute approximate surface area is 166 Å². The predicted octanol–water partition coefficient (Wildman–Crippen LogP) is 1.95. The molecule has 2 saturated heterocycles. The van der Waals surface area contributed by atoms with E-state index in [2.05, 4.69) is 10.3 Å². The molecule has 2 aromatic rings. The van der Waals surface area contributed by atoms with Crippen LogP contribution in [0, 0.1) is 0 Å². The highest BCUT2D eigenvalue weighted by molar-refractivity contribution is 7.89. The Morgan fingerprint density at radius 2 is 1.89 bits per heavy atom. The molecule has 11 heteroatoms. The van der Waals surface area contributed by atoms with Crippen molar-refractivity contribution < 1.29 is 13.2 Å². The average Bonchev–Trinajstić information content (AvgIpc) is 3.15. The first-order valence-electron chi connectivity index (χ1n) is 8.49. The van der Waals surface area contributed by atoms with Gasteiger partial charge < -0.3 is 4.90 Å². The molecule has 4 rings (SSSR count). The molecule has 0 atom stereocenters. The van der Waals surface area contributed by atoms with E-state index >= 15 is 0 Å². The quantitative estimate of drug-likeness (QED) is 0.724. The van der Waals surface area contributed by atoms with Gasteiger partial charge in [0.15, 0.2) is 0 Å². The third kappa shape index (κ3) is 3.44. The van der Waals surface area contributed by atoms with Crippen LogP contribution in [0.4, 0.5) is 0 Å². The van der Waals surface area contributed by atoms with E-state index in [-0.39, 0.29) is 40.0 Å². The standard InChI is InChI=1S/C16H17Cl2N5O3S/c17-13-3-1-4-14(18)16(13)27(25,26)22-9-12(10-22)23-8-11(19-20-23)7-21-6-2-5-15(21)24/h1,3-4,8,12H,2,5-7,9-10H2. The lowest BCUT2D eigenvalue weighted by molar-refractivity contribution is -0.128. The molecule has 27 heavy (non-hydrogen) atoms. The van der Waals surface area contributed by atoms with Gasteiger partial charge in [-0.2, -0.15) is 4.31 Å². The fourth-order valence-corrected chi connectivity index (χ4v) is 5.88. The first kappa shape index (κ1) is 18.7. The summed E-state index contributed by atoms with van der Waals surface area (Å²) in [6.45, 7) is 1.69. The Balaban J connectivity index is 1.43. The van der Waals surface area contributed by atoms with Crippen molar-refractivity contribution in [3.63, 3.8) is 0 Å². The second-order valence-electron chi connectivity index (χ2n) is 6.64. The molecule has 2 aliphatic rings. The summed E-state index contributed by atoms with van der Waals surface area (Å²) in [6, 6.07) is 4.49. The number of aromatic nitrogens is 3. The molecule has 0 bridgehead atoms. The second-order valence-corrected chi connectivity index (χ2v) is 9.32. The van der Waals surface area contributed by atoms with Gasteiger partial charge in [0.05, 0.1) is 28.8 Å². The minimum atomic E-state index is -3.77. The number of likely N-dealkylation sites (tertiary alicyclic amines) is 1. The molecule has 0 unspecified atom stereocenters. The summed E-state index contributed by atoms with van der Waals surface area (Å²) in [7, 11) is -3.77. The van der Waals surface area contributed by atoms with Crippen molar-refractivity contribution in [2.75, 3.05) is 19.6 Å². The van der Waals surface area contributed by atoms with Crippen LogP contribution in [-0.2, 0) is 21.4 Å². The molecule has 0 saturated carbocycles. The maximum absolute atomic E-state index is 12.8. The molecule has 3 heterocycles. The van der Waals surface area contributed by atoms with E-state index in [1.165, 1.54) is 16.4 Å². The molecule has 2 fully saturated rings. The van der Waals surface area contributed by atoms with Crippen LogP contribution in [0.25, 0.3) is 0 Å². The number of hydrogen-bond donors (Lipinski definition) is 0. The maximum atomic E-state index is 12.8. The summed E-state index contributed by atoms with van der Waals surface area (Å²) in [6.07, 6.45) is 3.21. The Kier molecular flexibility index (Phi) is 4.87. The van der Waals surface area contributed by atoms with Crippen molar-refractivity contribution in [3.05, 3.63) is 40.1 Å². The highest BCUT2D eigenvalue weighted by Crippen LogP contribution is 2.35. The molecule has 1 aromatic heterocycles. The van der Waals surface area contributed by atoms with Crippen LogP contribution in [-0.4, -0.2) is 58.2 Å². The van der Waals surface area contributed by atoms with Gasteiger partial charge in [0.1, 0.15) is 10.6 Å². The lowest BCUT2D eigenvalue weighted by atomic mass is 10.2. The van der Waals surface area contributed by atoms with E-state index in [0.29, 0.717) is 18.7 Å². The fourth-order valence-electron chi connectivity index (χ4n) is 3.27. The van der Waals surface area contributed by atoms with Gasteiger partial charge in [-0.25, -0.2) is 13.1 Å². The van der Waals surface area contributed by atoms with Crippen LogP contribution in [0.5, 0.6) is 0 Å². The molecule has 0 spiro atoms. The van der Waals surface area contributed by atoms with Crippen LogP contribution in [0.2, 0.25) is 10.0 Å². The molecule has 0 radical (unpaired) electrons. The Morgan fingerprint density at radius 1 is 1.19 bits per heavy atom. The highest BCUT2D eigenvalue weighted by Gasteiger charge is 2.40. The van der Waals surface area contributed by atoms with Gasteiger partial charge >= 0.3 is 0 Å². The summed E-state index contributed by atoms with van der Waals surface area (Å²) >= 11 is 12.1. The molecule has 8 nitrogen and oxygen atoms in total.